The zero-order chi connectivity index (χ0) is 15.1. The first-order chi connectivity index (χ1) is 10.2. The van der Waals surface area contributed by atoms with Gasteiger partial charge in [0.1, 0.15) is 0 Å². The Kier molecular flexibility index (Phi) is 8.29. The molecule has 120 valence electrons. The van der Waals surface area contributed by atoms with Crippen molar-refractivity contribution in [1.82, 2.24) is 15.5 Å². The van der Waals surface area contributed by atoms with Gasteiger partial charge in [-0.15, -0.1) is 22.6 Å². The maximum atomic E-state index is 11.7. The number of anilines is 1. The number of methoxy groups -OCH3 is 1. The van der Waals surface area contributed by atoms with Gasteiger partial charge in [0, 0.05) is 19.2 Å². The third-order valence-corrected chi connectivity index (χ3v) is 3.75. The minimum Gasteiger partial charge on any atom is -0.383 e. The minimum absolute atomic E-state index is 0. The van der Waals surface area contributed by atoms with Crippen molar-refractivity contribution in [3.8, 4) is 10.6 Å². The van der Waals surface area contributed by atoms with Crippen LogP contribution in [0.2, 0.25) is 5.02 Å². The summed E-state index contributed by atoms with van der Waals surface area (Å²) in [6, 6.07) is 7.37. The number of ether oxygens (including phenoxy) is 1. The molecule has 0 bridgehead atoms. The number of hydrogen-bond acceptors (Lipinski definition) is 6. The fourth-order valence-electron chi connectivity index (χ4n) is 1.56. The lowest BCUT2D eigenvalue weighted by Crippen LogP contribution is -2.30. The smallest absolute Gasteiger partial charge is 0.240 e. The fraction of sp³-hybridized carbons (Fsp3) is 0.308. The molecule has 0 spiro atoms. The van der Waals surface area contributed by atoms with Crippen molar-refractivity contribution in [2.24, 2.45) is 0 Å². The van der Waals surface area contributed by atoms with Gasteiger partial charge in [-0.3, -0.25) is 10.1 Å². The zero-order valence-corrected chi connectivity index (χ0v) is 14.2. The van der Waals surface area contributed by atoms with Gasteiger partial charge < -0.3 is 10.1 Å². The number of benzene rings is 1. The third-order valence-electron chi connectivity index (χ3n) is 2.54. The molecule has 0 aliphatic carbocycles. The Hall–Kier alpha value is -1.25. The number of carbonyl (C=O) groups is 1. The van der Waals surface area contributed by atoms with Crippen LogP contribution in [0.25, 0.3) is 10.6 Å². The molecule has 0 atom stereocenters. The molecule has 2 N–H and O–H groups in total. The number of rotatable bonds is 7. The molecule has 9 heteroatoms. The summed E-state index contributed by atoms with van der Waals surface area (Å²) in [6.07, 6.45) is 0. The van der Waals surface area contributed by atoms with Gasteiger partial charge in [-0.2, -0.15) is 0 Å². The average Bonchev–Trinajstić information content (AvgIpc) is 2.92. The van der Waals surface area contributed by atoms with E-state index < -0.39 is 0 Å². The molecule has 6 nitrogen and oxygen atoms in total. The molecule has 0 saturated heterocycles. The number of aromatic nitrogens is 2. The fourth-order valence-corrected chi connectivity index (χ4v) is 2.64. The zero-order valence-electron chi connectivity index (χ0n) is 11.8. The van der Waals surface area contributed by atoms with Gasteiger partial charge >= 0.3 is 0 Å². The highest BCUT2D eigenvalue weighted by Crippen LogP contribution is 2.31. The van der Waals surface area contributed by atoms with Crippen LogP contribution >= 0.6 is 35.3 Å². The maximum absolute atomic E-state index is 11.7. The van der Waals surface area contributed by atoms with E-state index in [-0.39, 0.29) is 24.9 Å². The van der Waals surface area contributed by atoms with E-state index in [1.54, 1.807) is 13.2 Å². The molecule has 1 aromatic carbocycles. The highest BCUT2D eigenvalue weighted by Gasteiger charge is 2.11. The lowest BCUT2D eigenvalue weighted by molar-refractivity contribution is -0.115. The predicted octanol–water partition coefficient (Wildman–Crippen LogP) is 2.45. The van der Waals surface area contributed by atoms with Crippen molar-refractivity contribution in [1.29, 1.82) is 0 Å². The number of nitrogens with one attached hydrogen (secondary N) is 2. The van der Waals surface area contributed by atoms with E-state index >= 15 is 0 Å². The molecule has 0 aliphatic heterocycles. The second kappa shape index (κ2) is 9.70. The summed E-state index contributed by atoms with van der Waals surface area (Å²) in [5, 5.41) is 15.3. The Bertz CT molecular complexity index is 609. The van der Waals surface area contributed by atoms with Gasteiger partial charge in [-0.05, 0) is 6.07 Å². The topological polar surface area (TPSA) is 76.1 Å². The van der Waals surface area contributed by atoms with Crippen LogP contribution < -0.4 is 10.6 Å². The Morgan fingerprint density at radius 1 is 1.36 bits per heavy atom. The molecule has 0 radical (unpaired) electrons. The summed E-state index contributed by atoms with van der Waals surface area (Å²) in [7, 11) is 1.61. The predicted molar refractivity (Wildman–Crippen MR) is 91.0 cm³/mol. The number of carbonyl (C=O) groups excluding carboxylic acids is 1. The SMILES string of the molecule is COCCNCC(=O)Nc1nnc(-c2ccccc2Cl)s1.Cl. The highest BCUT2D eigenvalue weighted by atomic mass is 35.5. The molecule has 2 aromatic rings. The average molecular weight is 363 g/mol. The van der Waals surface area contributed by atoms with Crippen molar-refractivity contribution in [2.45, 2.75) is 0 Å². The van der Waals surface area contributed by atoms with Gasteiger partial charge in [0.05, 0.1) is 18.2 Å². The van der Waals surface area contributed by atoms with Crippen molar-refractivity contribution in [2.75, 3.05) is 32.1 Å². The summed E-state index contributed by atoms with van der Waals surface area (Å²) in [4.78, 5) is 11.7. The second-order valence-corrected chi connectivity index (χ2v) is 5.49. The van der Waals surface area contributed by atoms with Crippen LogP contribution in [0.3, 0.4) is 0 Å². The van der Waals surface area contributed by atoms with Crippen LogP contribution in [0, 0.1) is 0 Å². The van der Waals surface area contributed by atoms with Crippen LogP contribution in [-0.2, 0) is 9.53 Å². The molecule has 1 heterocycles. The molecule has 0 aliphatic rings. The second-order valence-electron chi connectivity index (χ2n) is 4.11. The van der Waals surface area contributed by atoms with Crippen LogP contribution in [0.1, 0.15) is 0 Å². The summed E-state index contributed by atoms with van der Waals surface area (Å²) >= 11 is 7.38. The number of hydrogen-bond donors (Lipinski definition) is 2. The number of halogens is 2. The van der Waals surface area contributed by atoms with E-state index in [0.29, 0.717) is 28.3 Å². The summed E-state index contributed by atoms with van der Waals surface area (Å²) in [6.45, 7) is 1.37. The molecule has 1 amide bonds. The van der Waals surface area contributed by atoms with Crippen molar-refractivity contribution in [3.05, 3.63) is 29.3 Å². The van der Waals surface area contributed by atoms with Crippen LogP contribution in [0.4, 0.5) is 5.13 Å². The van der Waals surface area contributed by atoms with Gasteiger partial charge in [-0.25, -0.2) is 0 Å². The quantitative estimate of drug-likeness (QED) is 0.739. The molecular weight excluding hydrogens is 347 g/mol. The first-order valence-electron chi connectivity index (χ1n) is 6.28. The largest absolute Gasteiger partial charge is 0.383 e. The van der Waals surface area contributed by atoms with Gasteiger partial charge in [0.25, 0.3) is 0 Å². The molecule has 1 aromatic heterocycles. The standard InChI is InChI=1S/C13H15ClN4O2S.ClH/c1-20-7-6-15-8-11(19)16-13-18-17-12(21-13)9-4-2-3-5-10(9)14;/h2-5,15H,6-8H2,1H3,(H,16,18,19);1H. The minimum atomic E-state index is -0.173. The van der Waals surface area contributed by atoms with Crippen LogP contribution in [0.15, 0.2) is 24.3 Å². The van der Waals surface area contributed by atoms with Gasteiger partial charge in [-0.1, -0.05) is 41.1 Å². The highest BCUT2D eigenvalue weighted by molar-refractivity contribution is 7.18. The first-order valence-corrected chi connectivity index (χ1v) is 7.48. The molecule has 22 heavy (non-hydrogen) atoms. The number of nitrogens with zero attached hydrogens (tertiary/aromatic N) is 2. The Labute approximate surface area is 143 Å². The molecule has 2 rings (SSSR count). The van der Waals surface area contributed by atoms with E-state index in [1.807, 2.05) is 18.2 Å². The third kappa shape index (κ3) is 5.51. The first kappa shape index (κ1) is 18.8. The van der Waals surface area contributed by atoms with E-state index in [0.717, 1.165) is 5.56 Å². The summed E-state index contributed by atoms with van der Waals surface area (Å²) in [5.74, 6) is -0.173. The summed E-state index contributed by atoms with van der Waals surface area (Å²) in [5.41, 5.74) is 0.801. The van der Waals surface area contributed by atoms with Gasteiger partial charge in [0.15, 0.2) is 5.01 Å². The Morgan fingerprint density at radius 3 is 2.86 bits per heavy atom. The monoisotopic (exact) mass is 362 g/mol. The van der Waals surface area contributed by atoms with E-state index in [9.17, 15) is 4.79 Å². The van der Waals surface area contributed by atoms with E-state index in [4.69, 9.17) is 16.3 Å². The molecular formula is C13H16Cl2N4O2S. The van der Waals surface area contributed by atoms with Gasteiger partial charge in [0.2, 0.25) is 11.0 Å². The Morgan fingerprint density at radius 2 is 2.14 bits per heavy atom. The van der Waals surface area contributed by atoms with Crippen LogP contribution in [0.5, 0.6) is 0 Å². The van der Waals surface area contributed by atoms with Crippen LogP contribution in [-0.4, -0.2) is 42.9 Å². The molecule has 0 fully saturated rings. The van der Waals surface area contributed by atoms with Crippen molar-refractivity contribution >= 4 is 46.4 Å². The number of amides is 1. The lowest BCUT2D eigenvalue weighted by atomic mass is 10.2. The Balaban J connectivity index is 0.00000242. The lowest BCUT2D eigenvalue weighted by Gasteiger charge is -2.03. The van der Waals surface area contributed by atoms with E-state index in [2.05, 4.69) is 20.8 Å². The molecule has 0 unspecified atom stereocenters. The van der Waals surface area contributed by atoms with Crippen molar-refractivity contribution in [3.63, 3.8) is 0 Å². The normalized spacial score (nSPS) is 10.1. The molecule has 0 saturated carbocycles. The van der Waals surface area contributed by atoms with Crippen molar-refractivity contribution < 1.29 is 9.53 Å². The maximum Gasteiger partial charge on any atom is 0.240 e. The van der Waals surface area contributed by atoms with E-state index in [1.165, 1.54) is 11.3 Å². The summed E-state index contributed by atoms with van der Waals surface area (Å²) < 4.78 is 4.88.